The second-order valence-electron chi connectivity index (χ2n) is 3.27. The van der Waals surface area contributed by atoms with Gasteiger partial charge in [0.25, 0.3) is 5.91 Å². The van der Waals surface area contributed by atoms with Crippen molar-refractivity contribution < 1.29 is 14.3 Å². The molecule has 0 saturated carbocycles. The van der Waals surface area contributed by atoms with Gasteiger partial charge in [0.1, 0.15) is 0 Å². The Morgan fingerprint density at radius 3 is 2.71 bits per heavy atom. The van der Waals surface area contributed by atoms with Crippen molar-refractivity contribution in [2.45, 2.75) is 12.8 Å². The molecular formula is C9H12ClN3O3S. The van der Waals surface area contributed by atoms with Gasteiger partial charge in [0.05, 0.1) is 7.11 Å². The number of amides is 1. The number of hydrogen-bond donors (Lipinski definition) is 0. The third-order valence-electron chi connectivity index (χ3n) is 2.03. The lowest BCUT2D eigenvalue weighted by molar-refractivity contribution is -0.140. The minimum atomic E-state index is -0.287. The molecule has 6 nitrogen and oxygen atoms in total. The number of esters is 1. The zero-order valence-corrected chi connectivity index (χ0v) is 11.0. The highest BCUT2D eigenvalue weighted by Crippen LogP contribution is 2.16. The molecule has 8 heteroatoms. The summed E-state index contributed by atoms with van der Waals surface area (Å²) >= 11 is 6.62. The van der Waals surface area contributed by atoms with Crippen molar-refractivity contribution in [2.75, 3.05) is 20.7 Å². The maximum absolute atomic E-state index is 11.8. The molecule has 0 spiro atoms. The van der Waals surface area contributed by atoms with Crippen molar-refractivity contribution in [1.29, 1.82) is 0 Å². The number of nitrogens with zero attached hydrogens (tertiary/aromatic N) is 3. The topological polar surface area (TPSA) is 72.4 Å². The van der Waals surface area contributed by atoms with Crippen molar-refractivity contribution in [3.63, 3.8) is 0 Å². The van der Waals surface area contributed by atoms with Crippen LogP contribution in [0.4, 0.5) is 0 Å². The fourth-order valence-corrected chi connectivity index (χ4v) is 1.94. The zero-order chi connectivity index (χ0) is 12.8. The van der Waals surface area contributed by atoms with E-state index in [9.17, 15) is 9.59 Å². The molecule has 1 heterocycles. The third-order valence-corrected chi connectivity index (χ3v) is 3.04. The minimum Gasteiger partial charge on any atom is -0.469 e. The summed E-state index contributed by atoms with van der Waals surface area (Å²) in [6.45, 7) is 0.450. The van der Waals surface area contributed by atoms with Crippen LogP contribution in [-0.2, 0) is 9.53 Å². The number of carbonyl (C=O) groups is 2. The van der Waals surface area contributed by atoms with Gasteiger partial charge >= 0.3 is 5.97 Å². The Bertz CT molecular complexity index is 410. The highest BCUT2D eigenvalue weighted by molar-refractivity contribution is 7.17. The average molecular weight is 278 g/mol. The molecule has 1 rings (SSSR count). The Hall–Kier alpha value is -1.21. The molecule has 17 heavy (non-hydrogen) atoms. The molecule has 1 amide bonds. The lowest BCUT2D eigenvalue weighted by Crippen LogP contribution is -2.28. The molecule has 0 radical (unpaired) electrons. The highest BCUT2D eigenvalue weighted by Gasteiger charge is 2.16. The number of methoxy groups -OCH3 is 1. The first kappa shape index (κ1) is 13.9. The van der Waals surface area contributed by atoms with Gasteiger partial charge in [-0.05, 0) is 18.0 Å². The molecule has 0 aliphatic rings. The monoisotopic (exact) mass is 277 g/mol. The molecule has 0 aromatic carbocycles. The molecule has 0 bridgehead atoms. The van der Waals surface area contributed by atoms with E-state index in [4.69, 9.17) is 11.6 Å². The summed E-state index contributed by atoms with van der Waals surface area (Å²) in [5.74, 6) is -0.538. The Labute approximate surface area is 108 Å². The van der Waals surface area contributed by atoms with Gasteiger partial charge in [-0.15, -0.1) is 10.2 Å². The van der Waals surface area contributed by atoms with Crippen LogP contribution in [0, 0.1) is 0 Å². The van der Waals surface area contributed by atoms with Gasteiger partial charge < -0.3 is 9.64 Å². The predicted octanol–water partition coefficient (Wildman–Crippen LogP) is 1.22. The fourth-order valence-electron chi connectivity index (χ4n) is 1.12. The summed E-state index contributed by atoms with van der Waals surface area (Å²) in [5.41, 5.74) is 0. The molecule has 0 aliphatic carbocycles. The Morgan fingerprint density at radius 1 is 1.47 bits per heavy atom. The van der Waals surface area contributed by atoms with Gasteiger partial charge in [0.2, 0.25) is 9.47 Å². The van der Waals surface area contributed by atoms with Crippen molar-refractivity contribution in [1.82, 2.24) is 15.1 Å². The van der Waals surface area contributed by atoms with Gasteiger partial charge in [-0.3, -0.25) is 9.59 Å². The molecule has 1 aromatic heterocycles. The van der Waals surface area contributed by atoms with Crippen LogP contribution in [0.5, 0.6) is 0 Å². The number of hydrogen-bond acceptors (Lipinski definition) is 6. The maximum Gasteiger partial charge on any atom is 0.305 e. The molecule has 0 fully saturated rings. The molecule has 0 aliphatic heterocycles. The summed E-state index contributed by atoms with van der Waals surface area (Å²) in [5, 5.41) is 7.45. The summed E-state index contributed by atoms with van der Waals surface area (Å²) in [6, 6.07) is 0. The van der Waals surface area contributed by atoms with Crippen LogP contribution in [0.25, 0.3) is 0 Å². The van der Waals surface area contributed by atoms with Crippen LogP contribution in [0.15, 0.2) is 0 Å². The predicted molar refractivity (Wildman–Crippen MR) is 63.1 cm³/mol. The van der Waals surface area contributed by atoms with Gasteiger partial charge in [-0.2, -0.15) is 0 Å². The summed E-state index contributed by atoms with van der Waals surface area (Å²) in [6.07, 6.45) is 0.826. The van der Waals surface area contributed by atoms with Crippen molar-refractivity contribution in [2.24, 2.45) is 0 Å². The Balaban J connectivity index is 2.40. The van der Waals surface area contributed by atoms with E-state index >= 15 is 0 Å². The number of ether oxygens (including phenoxy) is 1. The average Bonchev–Trinajstić information content (AvgIpc) is 2.74. The van der Waals surface area contributed by atoms with Crippen LogP contribution < -0.4 is 0 Å². The number of halogens is 1. The van der Waals surface area contributed by atoms with Crippen LogP contribution in [-0.4, -0.2) is 47.7 Å². The Kier molecular flexibility index (Phi) is 5.30. The van der Waals surface area contributed by atoms with Gasteiger partial charge in [0, 0.05) is 20.0 Å². The standard InChI is InChI=1S/C9H12ClN3O3S/c1-13(5-3-4-6(14)16-2)8(15)7-11-12-9(10)17-7/h3-5H2,1-2H3. The quantitative estimate of drug-likeness (QED) is 0.757. The smallest absolute Gasteiger partial charge is 0.305 e. The van der Waals surface area contributed by atoms with E-state index in [1.807, 2.05) is 0 Å². The van der Waals surface area contributed by atoms with Crippen molar-refractivity contribution in [3.8, 4) is 0 Å². The Morgan fingerprint density at radius 2 is 2.18 bits per heavy atom. The summed E-state index contributed by atoms with van der Waals surface area (Å²) in [7, 11) is 2.97. The van der Waals surface area contributed by atoms with E-state index in [0.29, 0.717) is 13.0 Å². The van der Waals surface area contributed by atoms with E-state index < -0.39 is 0 Å². The fraction of sp³-hybridized carbons (Fsp3) is 0.556. The van der Waals surface area contributed by atoms with Crippen LogP contribution in [0.3, 0.4) is 0 Å². The molecule has 0 N–H and O–H groups in total. The molecule has 0 unspecified atom stereocenters. The first-order valence-electron chi connectivity index (χ1n) is 4.86. The highest BCUT2D eigenvalue weighted by atomic mass is 35.5. The minimum absolute atomic E-state index is 0.233. The van der Waals surface area contributed by atoms with Crippen LogP contribution in [0.1, 0.15) is 22.6 Å². The largest absolute Gasteiger partial charge is 0.469 e. The first-order valence-corrected chi connectivity index (χ1v) is 6.05. The lowest BCUT2D eigenvalue weighted by atomic mass is 10.3. The van der Waals surface area contributed by atoms with Crippen molar-refractivity contribution in [3.05, 3.63) is 9.47 Å². The van der Waals surface area contributed by atoms with Crippen molar-refractivity contribution >= 4 is 34.8 Å². The lowest BCUT2D eigenvalue weighted by Gasteiger charge is -2.14. The molecular weight excluding hydrogens is 266 g/mol. The van der Waals surface area contributed by atoms with Gasteiger partial charge in [-0.25, -0.2) is 0 Å². The molecule has 0 atom stereocenters. The maximum atomic E-state index is 11.8. The third kappa shape index (κ3) is 4.27. The first-order chi connectivity index (χ1) is 8.04. The molecule has 1 aromatic rings. The van der Waals surface area contributed by atoms with Crippen LogP contribution in [0.2, 0.25) is 4.47 Å². The van der Waals surface area contributed by atoms with E-state index in [0.717, 1.165) is 11.3 Å². The number of rotatable bonds is 5. The zero-order valence-electron chi connectivity index (χ0n) is 9.47. The summed E-state index contributed by atoms with van der Waals surface area (Å²) < 4.78 is 4.73. The van der Waals surface area contributed by atoms with E-state index in [-0.39, 0.29) is 27.8 Å². The normalized spacial score (nSPS) is 10.1. The van der Waals surface area contributed by atoms with Gasteiger partial charge in [-0.1, -0.05) is 11.3 Å². The number of carbonyl (C=O) groups excluding carboxylic acids is 2. The second kappa shape index (κ2) is 6.51. The van der Waals surface area contributed by atoms with E-state index in [1.165, 1.54) is 12.0 Å². The number of aromatic nitrogens is 2. The van der Waals surface area contributed by atoms with Crippen LogP contribution >= 0.6 is 22.9 Å². The van der Waals surface area contributed by atoms with Gasteiger partial charge in [0.15, 0.2) is 0 Å². The SMILES string of the molecule is COC(=O)CCCN(C)C(=O)c1nnc(Cl)s1. The molecule has 0 saturated heterocycles. The van der Waals surface area contributed by atoms with E-state index in [1.54, 1.807) is 7.05 Å². The molecule has 94 valence electrons. The second-order valence-corrected chi connectivity index (χ2v) is 4.83. The van der Waals surface area contributed by atoms with E-state index in [2.05, 4.69) is 14.9 Å². The summed E-state index contributed by atoms with van der Waals surface area (Å²) in [4.78, 5) is 24.1.